The second kappa shape index (κ2) is 5.04. The maximum atomic E-state index is 10.8. The van der Waals surface area contributed by atoms with E-state index in [1.165, 1.54) is 13.8 Å². The van der Waals surface area contributed by atoms with Crippen LogP contribution in [0.2, 0.25) is 0 Å². The maximum Gasteiger partial charge on any atom is 0.302 e. The van der Waals surface area contributed by atoms with Crippen molar-refractivity contribution < 1.29 is 23.8 Å². The highest BCUT2D eigenvalue weighted by Crippen LogP contribution is 2.43. The van der Waals surface area contributed by atoms with Crippen LogP contribution >= 0.6 is 0 Å². The maximum absolute atomic E-state index is 10.8. The molecule has 5 heteroatoms. The Hall–Kier alpha value is -1.10. The zero-order valence-electron chi connectivity index (χ0n) is 10.2. The van der Waals surface area contributed by atoms with Gasteiger partial charge in [-0.25, -0.2) is 0 Å². The molecule has 0 spiro atoms. The summed E-state index contributed by atoms with van der Waals surface area (Å²) in [6.07, 6.45) is 2.43. The fourth-order valence-corrected chi connectivity index (χ4v) is 2.43. The van der Waals surface area contributed by atoms with E-state index in [2.05, 4.69) is 0 Å². The van der Waals surface area contributed by atoms with Crippen molar-refractivity contribution in [2.24, 2.45) is 11.8 Å². The van der Waals surface area contributed by atoms with E-state index >= 15 is 0 Å². The van der Waals surface area contributed by atoms with Gasteiger partial charge in [-0.05, 0) is 12.8 Å². The van der Waals surface area contributed by atoms with E-state index in [1.807, 2.05) is 0 Å². The Morgan fingerprint density at radius 1 is 1.00 bits per heavy atom. The van der Waals surface area contributed by atoms with Crippen LogP contribution in [0.25, 0.3) is 0 Å². The molecule has 0 N–H and O–H groups in total. The van der Waals surface area contributed by atoms with E-state index in [4.69, 9.17) is 14.2 Å². The Kier molecular flexibility index (Phi) is 3.66. The molecule has 0 radical (unpaired) electrons. The molecule has 1 aliphatic heterocycles. The first-order valence-corrected chi connectivity index (χ1v) is 5.98. The second-order valence-corrected chi connectivity index (χ2v) is 4.81. The van der Waals surface area contributed by atoms with Gasteiger partial charge in [0.25, 0.3) is 0 Å². The van der Waals surface area contributed by atoms with Crippen molar-refractivity contribution in [2.75, 3.05) is 13.2 Å². The lowest BCUT2D eigenvalue weighted by molar-refractivity contribution is -0.147. The van der Waals surface area contributed by atoms with E-state index in [1.54, 1.807) is 0 Å². The highest BCUT2D eigenvalue weighted by molar-refractivity contribution is 5.66. The first-order valence-electron chi connectivity index (χ1n) is 5.98. The Labute approximate surface area is 100 Å². The standard InChI is InChI=1S/C12H18O5/c1-7(13)15-5-9-3-11-12(17-11)4-10(9)6-16-8(2)14/h9-12H,3-6H2,1-2H3/t9-,10+,11-,12+. The van der Waals surface area contributed by atoms with Crippen LogP contribution in [-0.2, 0) is 23.8 Å². The molecule has 96 valence electrons. The summed E-state index contributed by atoms with van der Waals surface area (Å²) in [4.78, 5) is 21.6. The van der Waals surface area contributed by atoms with Crippen LogP contribution in [0.5, 0.6) is 0 Å². The Morgan fingerprint density at radius 2 is 1.41 bits per heavy atom. The molecule has 0 aromatic rings. The lowest BCUT2D eigenvalue weighted by Crippen LogP contribution is -2.32. The number of carbonyl (C=O) groups is 2. The van der Waals surface area contributed by atoms with Gasteiger partial charge in [-0.3, -0.25) is 9.59 Å². The van der Waals surface area contributed by atoms with E-state index in [0.717, 1.165) is 12.8 Å². The van der Waals surface area contributed by atoms with Crippen LogP contribution < -0.4 is 0 Å². The molecule has 1 saturated heterocycles. The molecule has 1 saturated carbocycles. The molecule has 5 nitrogen and oxygen atoms in total. The van der Waals surface area contributed by atoms with Crippen molar-refractivity contribution in [3.8, 4) is 0 Å². The first kappa shape index (κ1) is 12.4. The minimum atomic E-state index is -0.268. The van der Waals surface area contributed by atoms with Crippen molar-refractivity contribution in [3.05, 3.63) is 0 Å². The van der Waals surface area contributed by atoms with Crippen LogP contribution in [0.1, 0.15) is 26.7 Å². The number of ether oxygens (including phenoxy) is 3. The number of rotatable bonds is 4. The van der Waals surface area contributed by atoms with Gasteiger partial charge in [0.15, 0.2) is 0 Å². The molecule has 17 heavy (non-hydrogen) atoms. The van der Waals surface area contributed by atoms with Crippen LogP contribution in [0.15, 0.2) is 0 Å². The molecular weight excluding hydrogens is 224 g/mol. The van der Waals surface area contributed by atoms with Gasteiger partial charge in [0, 0.05) is 25.7 Å². The van der Waals surface area contributed by atoms with Gasteiger partial charge in [0.1, 0.15) is 0 Å². The van der Waals surface area contributed by atoms with Crippen molar-refractivity contribution in [1.82, 2.24) is 0 Å². The minimum absolute atomic E-state index is 0.238. The Morgan fingerprint density at radius 3 is 1.76 bits per heavy atom. The van der Waals surface area contributed by atoms with E-state index < -0.39 is 0 Å². The van der Waals surface area contributed by atoms with Gasteiger partial charge >= 0.3 is 11.9 Å². The van der Waals surface area contributed by atoms with Crippen molar-refractivity contribution in [1.29, 1.82) is 0 Å². The molecule has 4 atom stereocenters. The molecule has 2 fully saturated rings. The number of esters is 2. The predicted octanol–water partition coefficient (Wildman–Crippen LogP) is 0.906. The molecule has 0 aromatic carbocycles. The summed E-state index contributed by atoms with van der Waals surface area (Å²) in [6, 6.07) is 0. The molecule has 0 bridgehead atoms. The van der Waals surface area contributed by atoms with E-state index in [-0.39, 0.29) is 23.8 Å². The molecule has 0 amide bonds. The lowest BCUT2D eigenvalue weighted by Gasteiger charge is -2.28. The fraction of sp³-hybridized carbons (Fsp3) is 0.833. The quantitative estimate of drug-likeness (QED) is 0.541. The molecule has 2 aliphatic rings. The monoisotopic (exact) mass is 242 g/mol. The van der Waals surface area contributed by atoms with Crippen LogP contribution in [-0.4, -0.2) is 37.4 Å². The summed E-state index contributed by atoms with van der Waals surface area (Å²) >= 11 is 0. The van der Waals surface area contributed by atoms with Gasteiger partial charge in [0.05, 0.1) is 25.4 Å². The molecule has 0 unspecified atom stereocenters. The van der Waals surface area contributed by atoms with Gasteiger partial charge < -0.3 is 14.2 Å². The smallest absolute Gasteiger partial charge is 0.302 e. The van der Waals surface area contributed by atoms with Gasteiger partial charge in [0.2, 0.25) is 0 Å². The molecule has 0 aromatic heterocycles. The second-order valence-electron chi connectivity index (χ2n) is 4.81. The summed E-state index contributed by atoms with van der Waals surface area (Å²) in [5.41, 5.74) is 0. The molecule has 1 aliphatic carbocycles. The van der Waals surface area contributed by atoms with Crippen LogP contribution in [0, 0.1) is 11.8 Å². The minimum Gasteiger partial charge on any atom is -0.466 e. The third-order valence-corrected chi connectivity index (χ3v) is 3.43. The summed E-state index contributed by atoms with van der Waals surface area (Å²) in [5.74, 6) is -0.0610. The Balaban J connectivity index is 1.84. The van der Waals surface area contributed by atoms with E-state index in [0.29, 0.717) is 25.4 Å². The average Bonchev–Trinajstić information content (AvgIpc) is 3.00. The SMILES string of the molecule is CC(=O)OC[C@@H]1C[C@@H]2O[C@@H]2C[C@@H]1COC(C)=O. The van der Waals surface area contributed by atoms with Crippen molar-refractivity contribution in [3.63, 3.8) is 0 Å². The summed E-state index contributed by atoms with van der Waals surface area (Å²) < 4.78 is 15.6. The number of epoxide rings is 1. The number of hydrogen-bond donors (Lipinski definition) is 0. The molecule has 1 heterocycles. The molecule has 2 rings (SSSR count). The third-order valence-electron chi connectivity index (χ3n) is 3.43. The zero-order valence-corrected chi connectivity index (χ0v) is 10.2. The highest BCUT2D eigenvalue weighted by Gasteiger charge is 2.48. The van der Waals surface area contributed by atoms with Crippen LogP contribution in [0.4, 0.5) is 0 Å². The van der Waals surface area contributed by atoms with Gasteiger partial charge in [-0.2, -0.15) is 0 Å². The predicted molar refractivity (Wildman–Crippen MR) is 58.1 cm³/mol. The number of carbonyl (C=O) groups excluding carboxylic acids is 2. The first-order chi connectivity index (χ1) is 8.06. The average molecular weight is 242 g/mol. The lowest BCUT2D eigenvalue weighted by atomic mass is 9.80. The van der Waals surface area contributed by atoms with E-state index in [9.17, 15) is 9.59 Å². The van der Waals surface area contributed by atoms with Gasteiger partial charge in [-0.15, -0.1) is 0 Å². The highest BCUT2D eigenvalue weighted by atomic mass is 16.6. The Bertz CT molecular complexity index is 284. The summed E-state index contributed by atoms with van der Waals surface area (Å²) in [5, 5.41) is 0. The molecular formula is C12H18O5. The van der Waals surface area contributed by atoms with Crippen molar-refractivity contribution >= 4 is 11.9 Å². The van der Waals surface area contributed by atoms with Crippen LogP contribution in [0.3, 0.4) is 0 Å². The summed E-state index contributed by atoms with van der Waals surface area (Å²) in [7, 11) is 0. The zero-order chi connectivity index (χ0) is 12.4. The number of hydrogen-bond acceptors (Lipinski definition) is 5. The topological polar surface area (TPSA) is 65.1 Å². The third kappa shape index (κ3) is 3.43. The van der Waals surface area contributed by atoms with Crippen molar-refractivity contribution in [2.45, 2.75) is 38.9 Å². The normalized spacial score (nSPS) is 34.7. The fourth-order valence-electron chi connectivity index (χ4n) is 2.43. The number of fused-ring (bicyclic) bond motifs is 1. The largest absolute Gasteiger partial charge is 0.466 e. The summed E-state index contributed by atoms with van der Waals surface area (Å²) in [6.45, 7) is 3.60. The van der Waals surface area contributed by atoms with Gasteiger partial charge in [-0.1, -0.05) is 0 Å².